The van der Waals surface area contributed by atoms with E-state index < -0.39 is 6.09 Å². The lowest BCUT2D eigenvalue weighted by molar-refractivity contribution is -0.0990. The van der Waals surface area contributed by atoms with E-state index in [-0.39, 0.29) is 18.9 Å². The van der Waals surface area contributed by atoms with Crippen molar-refractivity contribution in [2.75, 3.05) is 13.7 Å². The highest BCUT2D eigenvalue weighted by molar-refractivity contribution is 5.67. The molecule has 2 rings (SSSR count). The predicted octanol–water partition coefficient (Wildman–Crippen LogP) is 1.67. The third-order valence-electron chi connectivity index (χ3n) is 2.79. The zero-order valence-corrected chi connectivity index (χ0v) is 10.3. The monoisotopic (exact) mass is 251 g/mol. The van der Waals surface area contributed by atoms with Crippen LogP contribution in [0.1, 0.15) is 12.0 Å². The van der Waals surface area contributed by atoms with E-state index in [0.717, 1.165) is 12.0 Å². The highest BCUT2D eigenvalue weighted by Crippen LogP contribution is 2.14. The largest absolute Gasteiger partial charge is 0.445 e. The van der Waals surface area contributed by atoms with Crippen molar-refractivity contribution < 1.29 is 19.0 Å². The van der Waals surface area contributed by atoms with E-state index in [1.807, 2.05) is 30.3 Å². The maximum Gasteiger partial charge on any atom is 0.407 e. The lowest BCUT2D eigenvalue weighted by Gasteiger charge is -2.17. The summed E-state index contributed by atoms with van der Waals surface area (Å²) in [5.74, 6) is 0. The highest BCUT2D eigenvalue weighted by atomic mass is 16.7. The lowest BCUT2D eigenvalue weighted by Crippen LogP contribution is -2.41. The minimum Gasteiger partial charge on any atom is -0.445 e. The number of methoxy groups -OCH3 is 1. The molecule has 1 aromatic carbocycles. The first kappa shape index (κ1) is 12.9. The van der Waals surface area contributed by atoms with Crippen molar-refractivity contribution >= 4 is 6.09 Å². The topological polar surface area (TPSA) is 56.8 Å². The van der Waals surface area contributed by atoms with Gasteiger partial charge in [-0.05, 0) is 12.0 Å². The molecule has 0 aliphatic carbocycles. The Morgan fingerprint density at radius 3 is 2.94 bits per heavy atom. The molecule has 1 N–H and O–H groups in total. The van der Waals surface area contributed by atoms with Crippen molar-refractivity contribution in [2.24, 2.45) is 0 Å². The Hall–Kier alpha value is -1.59. The smallest absolute Gasteiger partial charge is 0.407 e. The quantitative estimate of drug-likeness (QED) is 0.884. The molecule has 0 saturated carbocycles. The Kier molecular flexibility index (Phi) is 4.55. The summed E-state index contributed by atoms with van der Waals surface area (Å²) in [6.07, 6.45) is -0.0930. The van der Waals surface area contributed by atoms with E-state index in [1.165, 1.54) is 0 Å². The number of carbonyl (C=O) groups excluding carboxylic acids is 1. The van der Waals surface area contributed by atoms with Gasteiger partial charge < -0.3 is 19.5 Å². The molecule has 0 spiro atoms. The molecule has 18 heavy (non-hydrogen) atoms. The summed E-state index contributed by atoms with van der Waals surface area (Å²) < 4.78 is 15.5. The third kappa shape index (κ3) is 3.45. The summed E-state index contributed by atoms with van der Waals surface area (Å²) >= 11 is 0. The van der Waals surface area contributed by atoms with Crippen LogP contribution >= 0.6 is 0 Å². The Labute approximate surface area is 106 Å². The van der Waals surface area contributed by atoms with Gasteiger partial charge in [-0.3, -0.25) is 0 Å². The molecule has 98 valence electrons. The molecule has 1 fully saturated rings. The Morgan fingerprint density at radius 2 is 2.22 bits per heavy atom. The first-order valence-electron chi connectivity index (χ1n) is 5.91. The van der Waals surface area contributed by atoms with E-state index in [1.54, 1.807) is 7.11 Å². The van der Waals surface area contributed by atoms with Gasteiger partial charge in [-0.1, -0.05) is 30.3 Å². The van der Waals surface area contributed by atoms with Gasteiger partial charge in [-0.2, -0.15) is 0 Å². The van der Waals surface area contributed by atoms with Crippen LogP contribution < -0.4 is 5.32 Å². The molecule has 1 aliphatic heterocycles. The fourth-order valence-corrected chi connectivity index (χ4v) is 1.85. The molecule has 1 heterocycles. The van der Waals surface area contributed by atoms with Crippen molar-refractivity contribution in [3.63, 3.8) is 0 Å². The minimum absolute atomic E-state index is 0.140. The van der Waals surface area contributed by atoms with Gasteiger partial charge in [0.15, 0.2) is 6.29 Å². The normalized spacial score (nSPS) is 22.7. The lowest BCUT2D eigenvalue weighted by atomic mass is 10.2. The van der Waals surface area contributed by atoms with E-state index in [2.05, 4.69) is 5.32 Å². The van der Waals surface area contributed by atoms with Crippen LogP contribution in [0.3, 0.4) is 0 Å². The molecule has 1 unspecified atom stereocenters. The molecule has 5 nitrogen and oxygen atoms in total. The number of rotatable bonds is 4. The van der Waals surface area contributed by atoms with Crippen LogP contribution in [-0.4, -0.2) is 32.1 Å². The molecule has 1 aromatic rings. The van der Waals surface area contributed by atoms with Crippen LogP contribution in [0.25, 0.3) is 0 Å². The molecule has 2 atom stereocenters. The standard InChI is InChI=1S/C13H17NO4/c1-16-12-11(7-8-17-12)14-13(15)18-9-10-5-3-2-4-6-10/h2-6,11-12H,7-9H2,1H3,(H,14,15)/t11-,12?/m1/s1. The first-order valence-corrected chi connectivity index (χ1v) is 5.91. The van der Waals surface area contributed by atoms with E-state index in [4.69, 9.17) is 14.2 Å². The second kappa shape index (κ2) is 6.37. The van der Waals surface area contributed by atoms with Crippen molar-refractivity contribution in [3.05, 3.63) is 35.9 Å². The van der Waals surface area contributed by atoms with Crippen molar-refractivity contribution in [1.82, 2.24) is 5.32 Å². The number of benzene rings is 1. The molecule has 0 radical (unpaired) electrons. The molecule has 1 aliphatic rings. The number of ether oxygens (including phenoxy) is 3. The Bertz CT molecular complexity index is 382. The molecule has 5 heteroatoms. The Balaban J connectivity index is 1.75. The minimum atomic E-state index is -0.448. The fraction of sp³-hybridized carbons (Fsp3) is 0.462. The SMILES string of the molecule is COC1OCC[C@H]1NC(=O)OCc1ccccc1. The average molecular weight is 251 g/mol. The fourth-order valence-electron chi connectivity index (χ4n) is 1.85. The number of carbonyl (C=O) groups is 1. The summed E-state index contributed by atoms with van der Waals surface area (Å²) in [7, 11) is 1.56. The van der Waals surface area contributed by atoms with E-state index in [0.29, 0.717) is 6.61 Å². The third-order valence-corrected chi connectivity index (χ3v) is 2.79. The van der Waals surface area contributed by atoms with Crippen LogP contribution in [0.4, 0.5) is 4.79 Å². The second-order valence-electron chi connectivity index (χ2n) is 4.08. The van der Waals surface area contributed by atoms with Gasteiger partial charge in [0.25, 0.3) is 0 Å². The number of hydrogen-bond acceptors (Lipinski definition) is 4. The van der Waals surface area contributed by atoms with Crippen LogP contribution in [0.15, 0.2) is 30.3 Å². The zero-order valence-electron chi connectivity index (χ0n) is 10.3. The average Bonchev–Trinajstić information content (AvgIpc) is 2.85. The molecule has 1 amide bonds. The summed E-state index contributed by atoms with van der Waals surface area (Å²) in [5, 5.41) is 2.74. The molecular formula is C13H17NO4. The van der Waals surface area contributed by atoms with Gasteiger partial charge >= 0.3 is 6.09 Å². The van der Waals surface area contributed by atoms with Crippen molar-refractivity contribution in [1.29, 1.82) is 0 Å². The number of amides is 1. The summed E-state index contributed by atoms with van der Waals surface area (Å²) in [6, 6.07) is 9.40. The van der Waals surface area contributed by atoms with Gasteiger partial charge in [-0.15, -0.1) is 0 Å². The predicted molar refractivity (Wildman–Crippen MR) is 64.9 cm³/mol. The molecular weight excluding hydrogens is 234 g/mol. The number of nitrogens with one attached hydrogen (secondary N) is 1. The van der Waals surface area contributed by atoms with Crippen molar-refractivity contribution in [2.45, 2.75) is 25.4 Å². The summed E-state index contributed by atoms with van der Waals surface area (Å²) in [6.45, 7) is 0.847. The van der Waals surface area contributed by atoms with Crippen LogP contribution in [0.5, 0.6) is 0 Å². The highest BCUT2D eigenvalue weighted by Gasteiger charge is 2.29. The van der Waals surface area contributed by atoms with Gasteiger partial charge in [0.2, 0.25) is 0 Å². The van der Waals surface area contributed by atoms with E-state index in [9.17, 15) is 4.79 Å². The summed E-state index contributed by atoms with van der Waals surface area (Å²) in [5.41, 5.74) is 0.957. The van der Waals surface area contributed by atoms with Crippen LogP contribution in [-0.2, 0) is 20.8 Å². The van der Waals surface area contributed by atoms with Crippen LogP contribution in [0, 0.1) is 0 Å². The van der Waals surface area contributed by atoms with Crippen molar-refractivity contribution in [3.8, 4) is 0 Å². The van der Waals surface area contributed by atoms with E-state index >= 15 is 0 Å². The van der Waals surface area contributed by atoms with Gasteiger partial charge in [0.1, 0.15) is 6.61 Å². The van der Waals surface area contributed by atoms with Gasteiger partial charge in [0, 0.05) is 7.11 Å². The number of hydrogen-bond donors (Lipinski definition) is 1. The maximum absolute atomic E-state index is 11.6. The first-order chi connectivity index (χ1) is 8.79. The summed E-state index contributed by atoms with van der Waals surface area (Å²) in [4.78, 5) is 11.6. The molecule has 1 saturated heterocycles. The van der Waals surface area contributed by atoms with Gasteiger partial charge in [0.05, 0.1) is 12.6 Å². The number of alkyl carbamates (subject to hydrolysis) is 1. The molecule has 0 bridgehead atoms. The maximum atomic E-state index is 11.6. The molecule has 0 aromatic heterocycles. The Morgan fingerprint density at radius 1 is 1.44 bits per heavy atom. The second-order valence-corrected chi connectivity index (χ2v) is 4.08. The van der Waals surface area contributed by atoms with Crippen LogP contribution in [0.2, 0.25) is 0 Å². The van der Waals surface area contributed by atoms with Gasteiger partial charge in [-0.25, -0.2) is 4.79 Å². The zero-order chi connectivity index (χ0) is 12.8.